The first-order chi connectivity index (χ1) is 12.2. The Morgan fingerprint density at radius 3 is 2.40 bits per heavy atom. The van der Waals surface area contributed by atoms with Crippen molar-refractivity contribution in [3.63, 3.8) is 0 Å². The number of aromatic nitrogens is 3. The highest BCUT2D eigenvalue weighted by Crippen LogP contribution is 2.31. The zero-order chi connectivity index (χ0) is 17.6. The average Bonchev–Trinajstić information content (AvgIpc) is 2.68. The number of rotatable bonds is 6. The molecule has 3 rings (SSSR count). The minimum absolute atomic E-state index is 0.506. The molecule has 0 saturated heterocycles. The molecule has 2 aromatic heterocycles. The fourth-order valence-corrected chi connectivity index (χ4v) is 2.33. The smallest absolute Gasteiger partial charge is 0.225 e. The molecule has 25 heavy (non-hydrogen) atoms. The van der Waals surface area contributed by atoms with Crippen LogP contribution in [0.3, 0.4) is 0 Å². The predicted octanol–water partition coefficient (Wildman–Crippen LogP) is 3.34. The van der Waals surface area contributed by atoms with Gasteiger partial charge in [-0.3, -0.25) is 4.98 Å². The highest BCUT2D eigenvalue weighted by Gasteiger charge is 2.09. The molecule has 7 nitrogen and oxygen atoms in total. The molecule has 0 saturated carbocycles. The second-order valence-electron chi connectivity index (χ2n) is 5.12. The SMILES string of the molecule is CNc1nc(Nc2ccc(OC)c(OC)c2)cc(-c2ccccn2)n1. The lowest BCUT2D eigenvalue weighted by atomic mass is 10.2. The molecule has 1 aromatic carbocycles. The maximum Gasteiger partial charge on any atom is 0.225 e. The summed E-state index contributed by atoms with van der Waals surface area (Å²) < 4.78 is 10.6. The van der Waals surface area contributed by atoms with Gasteiger partial charge < -0.3 is 20.1 Å². The number of benzene rings is 1. The van der Waals surface area contributed by atoms with Gasteiger partial charge >= 0.3 is 0 Å². The molecule has 0 aliphatic rings. The van der Waals surface area contributed by atoms with Gasteiger partial charge in [0.1, 0.15) is 5.82 Å². The summed E-state index contributed by atoms with van der Waals surface area (Å²) in [7, 11) is 4.98. The standard InChI is InChI=1S/C18H19N5O2/c1-19-18-22-14(13-6-4-5-9-20-13)11-17(23-18)21-12-7-8-15(24-2)16(10-12)25-3/h4-11H,1-3H3,(H2,19,21,22,23). The monoisotopic (exact) mass is 337 g/mol. The van der Waals surface area contributed by atoms with Crippen molar-refractivity contribution in [2.75, 3.05) is 31.9 Å². The molecule has 2 N–H and O–H groups in total. The van der Waals surface area contributed by atoms with Gasteiger partial charge in [0.2, 0.25) is 5.95 Å². The van der Waals surface area contributed by atoms with E-state index < -0.39 is 0 Å². The van der Waals surface area contributed by atoms with Gasteiger partial charge in [0.15, 0.2) is 11.5 Å². The van der Waals surface area contributed by atoms with Crippen LogP contribution in [0.1, 0.15) is 0 Å². The van der Waals surface area contributed by atoms with Gasteiger partial charge in [-0.25, -0.2) is 4.98 Å². The quantitative estimate of drug-likeness (QED) is 0.714. The lowest BCUT2D eigenvalue weighted by Crippen LogP contribution is -2.03. The number of hydrogen-bond donors (Lipinski definition) is 2. The van der Waals surface area contributed by atoms with Crippen LogP contribution in [-0.2, 0) is 0 Å². The van der Waals surface area contributed by atoms with E-state index in [1.807, 2.05) is 42.5 Å². The van der Waals surface area contributed by atoms with Gasteiger partial charge in [0, 0.05) is 31.1 Å². The minimum Gasteiger partial charge on any atom is -0.493 e. The lowest BCUT2D eigenvalue weighted by Gasteiger charge is -2.12. The number of hydrogen-bond acceptors (Lipinski definition) is 7. The number of ether oxygens (including phenoxy) is 2. The third kappa shape index (κ3) is 3.77. The van der Waals surface area contributed by atoms with Crippen LogP contribution in [0.15, 0.2) is 48.7 Å². The van der Waals surface area contributed by atoms with Crippen molar-refractivity contribution in [2.45, 2.75) is 0 Å². The average molecular weight is 337 g/mol. The highest BCUT2D eigenvalue weighted by atomic mass is 16.5. The number of anilines is 3. The Hall–Kier alpha value is -3.35. The van der Waals surface area contributed by atoms with Crippen LogP contribution in [0.25, 0.3) is 11.4 Å². The summed E-state index contributed by atoms with van der Waals surface area (Å²) >= 11 is 0. The van der Waals surface area contributed by atoms with Crippen molar-refractivity contribution >= 4 is 17.5 Å². The molecule has 2 heterocycles. The zero-order valence-corrected chi connectivity index (χ0v) is 14.3. The maximum atomic E-state index is 5.33. The van der Waals surface area contributed by atoms with Crippen LogP contribution in [0.4, 0.5) is 17.5 Å². The van der Waals surface area contributed by atoms with E-state index in [0.29, 0.717) is 23.3 Å². The third-order valence-corrected chi connectivity index (χ3v) is 3.53. The molecule has 7 heteroatoms. The number of methoxy groups -OCH3 is 2. The molecule has 0 amide bonds. The Labute approximate surface area is 146 Å². The van der Waals surface area contributed by atoms with E-state index in [1.54, 1.807) is 27.5 Å². The molecular weight excluding hydrogens is 318 g/mol. The first-order valence-electron chi connectivity index (χ1n) is 7.71. The van der Waals surface area contributed by atoms with E-state index in [4.69, 9.17) is 9.47 Å². The molecule has 0 aliphatic heterocycles. The van der Waals surface area contributed by atoms with Crippen LogP contribution >= 0.6 is 0 Å². The number of nitrogens with zero attached hydrogens (tertiary/aromatic N) is 3. The maximum absolute atomic E-state index is 5.33. The normalized spacial score (nSPS) is 10.2. The second-order valence-corrected chi connectivity index (χ2v) is 5.12. The molecule has 0 radical (unpaired) electrons. The van der Waals surface area contributed by atoms with Crippen molar-refractivity contribution < 1.29 is 9.47 Å². The lowest BCUT2D eigenvalue weighted by molar-refractivity contribution is 0.355. The molecule has 0 unspecified atom stereocenters. The number of pyridine rings is 1. The van der Waals surface area contributed by atoms with Crippen LogP contribution in [0.5, 0.6) is 11.5 Å². The minimum atomic E-state index is 0.506. The van der Waals surface area contributed by atoms with Crippen LogP contribution in [-0.4, -0.2) is 36.2 Å². The molecule has 3 aromatic rings. The van der Waals surface area contributed by atoms with E-state index >= 15 is 0 Å². The Bertz CT molecular complexity index is 855. The molecule has 0 atom stereocenters. The zero-order valence-electron chi connectivity index (χ0n) is 14.3. The van der Waals surface area contributed by atoms with Crippen LogP contribution in [0, 0.1) is 0 Å². The summed E-state index contributed by atoms with van der Waals surface area (Å²) in [6, 6.07) is 13.1. The Morgan fingerprint density at radius 2 is 1.72 bits per heavy atom. The largest absolute Gasteiger partial charge is 0.493 e. The van der Waals surface area contributed by atoms with Crippen LogP contribution < -0.4 is 20.1 Å². The summed E-state index contributed by atoms with van der Waals surface area (Å²) in [5.74, 6) is 2.46. The van der Waals surface area contributed by atoms with E-state index in [-0.39, 0.29) is 0 Å². The van der Waals surface area contributed by atoms with Gasteiger partial charge in [-0.1, -0.05) is 6.07 Å². The van der Waals surface area contributed by atoms with Crippen molar-refractivity contribution in [3.05, 3.63) is 48.7 Å². The predicted molar refractivity (Wildman–Crippen MR) is 97.6 cm³/mol. The highest BCUT2D eigenvalue weighted by molar-refractivity contribution is 5.66. The van der Waals surface area contributed by atoms with Gasteiger partial charge in [-0.05, 0) is 24.3 Å². The molecular formula is C18H19N5O2. The van der Waals surface area contributed by atoms with Crippen molar-refractivity contribution in [3.8, 4) is 22.9 Å². The van der Waals surface area contributed by atoms with Gasteiger partial charge in [0.05, 0.1) is 25.6 Å². The van der Waals surface area contributed by atoms with E-state index in [9.17, 15) is 0 Å². The van der Waals surface area contributed by atoms with E-state index in [0.717, 1.165) is 17.1 Å². The van der Waals surface area contributed by atoms with Crippen molar-refractivity contribution in [1.29, 1.82) is 0 Å². The topological polar surface area (TPSA) is 81.2 Å². The first-order valence-corrected chi connectivity index (χ1v) is 7.71. The summed E-state index contributed by atoms with van der Waals surface area (Å²) in [6.45, 7) is 0. The summed E-state index contributed by atoms with van der Waals surface area (Å²) in [6.07, 6.45) is 1.73. The van der Waals surface area contributed by atoms with Gasteiger partial charge in [0.25, 0.3) is 0 Å². The molecule has 0 fully saturated rings. The summed E-state index contributed by atoms with van der Waals surface area (Å²) in [5, 5.41) is 6.23. The summed E-state index contributed by atoms with van der Waals surface area (Å²) in [4.78, 5) is 13.2. The Morgan fingerprint density at radius 1 is 0.880 bits per heavy atom. The van der Waals surface area contributed by atoms with Crippen molar-refractivity contribution in [1.82, 2.24) is 15.0 Å². The third-order valence-electron chi connectivity index (χ3n) is 3.53. The first kappa shape index (κ1) is 16.5. The second kappa shape index (κ2) is 7.48. The van der Waals surface area contributed by atoms with Crippen LogP contribution in [0.2, 0.25) is 0 Å². The molecule has 128 valence electrons. The molecule has 0 bridgehead atoms. The molecule has 0 spiro atoms. The number of nitrogens with one attached hydrogen (secondary N) is 2. The van der Waals surface area contributed by atoms with Gasteiger partial charge in [-0.15, -0.1) is 0 Å². The van der Waals surface area contributed by atoms with E-state index in [1.165, 1.54) is 0 Å². The Kier molecular flexibility index (Phi) is 4.94. The van der Waals surface area contributed by atoms with E-state index in [2.05, 4.69) is 25.6 Å². The van der Waals surface area contributed by atoms with Crippen molar-refractivity contribution in [2.24, 2.45) is 0 Å². The fourth-order valence-electron chi connectivity index (χ4n) is 2.33. The fraction of sp³-hybridized carbons (Fsp3) is 0.167. The Balaban J connectivity index is 1.95. The van der Waals surface area contributed by atoms with Gasteiger partial charge in [-0.2, -0.15) is 4.98 Å². The molecule has 0 aliphatic carbocycles. The summed E-state index contributed by atoms with van der Waals surface area (Å²) in [5.41, 5.74) is 2.32.